The van der Waals surface area contributed by atoms with Gasteiger partial charge in [0.05, 0.1) is 43.7 Å². The van der Waals surface area contributed by atoms with Crippen LogP contribution in [0, 0.1) is 3.91 Å². The van der Waals surface area contributed by atoms with Crippen molar-refractivity contribution >= 4 is 29.5 Å². The molecule has 0 radical (unpaired) electrons. The first-order valence-corrected chi connectivity index (χ1v) is 10.7. The average molecular weight is 372 g/mol. The molecule has 0 spiro atoms. The van der Waals surface area contributed by atoms with Crippen LogP contribution >= 0.6 is 0 Å². The smallest absolute Gasteiger partial charge is 0.232 e. The fraction of sp³-hybridized carbons (Fsp3) is 0.400. The lowest BCUT2D eigenvalue weighted by molar-refractivity contribution is 0.356. The summed E-state index contributed by atoms with van der Waals surface area (Å²) in [6.07, 6.45) is 0.981. The maximum absolute atomic E-state index is 12.4. The predicted molar refractivity (Wildman–Crippen MR) is 77.5 cm³/mol. The molecule has 0 aliphatic rings. The molecule has 9 nitrogen and oxygen atoms in total. The van der Waals surface area contributed by atoms with Gasteiger partial charge in [-0.05, 0) is 6.07 Å². The van der Waals surface area contributed by atoms with Gasteiger partial charge >= 0.3 is 0 Å². The first kappa shape index (κ1) is 18.6. The second kappa shape index (κ2) is 6.01. The van der Waals surface area contributed by atoms with E-state index in [0.717, 1.165) is 19.2 Å². The monoisotopic (exact) mass is 372 g/mol. The van der Waals surface area contributed by atoms with E-state index in [4.69, 9.17) is 9.47 Å². The molecular weight excluding hydrogens is 358 g/mol. The lowest BCUT2D eigenvalue weighted by Crippen LogP contribution is -2.29. The molecule has 0 N–H and O–H groups in total. The first-order chi connectivity index (χ1) is 9.85. The van der Waals surface area contributed by atoms with Crippen LogP contribution in [0.5, 0.6) is 11.8 Å². The van der Waals surface area contributed by atoms with Crippen molar-refractivity contribution in [1.82, 2.24) is 4.98 Å². The van der Waals surface area contributed by atoms with E-state index in [2.05, 4.69) is 4.98 Å². The van der Waals surface area contributed by atoms with Crippen molar-refractivity contribution in [3.05, 3.63) is 16.0 Å². The Morgan fingerprint density at radius 3 is 1.77 bits per heavy atom. The number of rotatable bonds is 6. The number of ether oxygens (including phenoxy) is 2. The molecule has 0 bridgehead atoms. The van der Waals surface area contributed by atoms with Crippen molar-refractivity contribution in [2.75, 3.05) is 26.7 Å². The third kappa shape index (κ3) is 3.67. The van der Waals surface area contributed by atoms with Crippen molar-refractivity contribution in [1.29, 1.82) is 0 Å². The Kier molecular flexibility index (Phi) is 5.09. The van der Waals surface area contributed by atoms with E-state index in [9.17, 15) is 25.3 Å². The molecule has 126 valence electrons. The van der Waals surface area contributed by atoms with E-state index in [0.29, 0.717) is 12.5 Å². The molecule has 0 unspecified atom stereocenters. The van der Waals surface area contributed by atoms with Crippen LogP contribution in [-0.4, -0.2) is 57.0 Å². The van der Waals surface area contributed by atoms with Crippen LogP contribution < -0.4 is 9.47 Å². The molecule has 0 aromatic carbocycles. The summed E-state index contributed by atoms with van der Waals surface area (Å²) in [7, 11) is -11.6. The molecule has 0 atom stereocenters. The highest BCUT2D eigenvalue weighted by Gasteiger charge is 2.33. The highest BCUT2D eigenvalue weighted by molar-refractivity contribution is 8.28. The van der Waals surface area contributed by atoms with Gasteiger partial charge in [0.1, 0.15) is 4.90 Å². The molecule has 0 saturated carbocycles. The van der Waals surface area contributed by atoms with E-state index < -0.39 is 44.2 Å². The molecule has 12 heteroatoms. The molecule has 0 amide bonds. The Morgan fingerprint density at radius 2 is 1.41 bits per heavy atom. The summed E-state index contributed by atoms with van der Waals surface area (Å²) in [5, 5.41) is 0. The largest absolute Gasteiger partial charge is 0.481 e. The van der Waals surface area contributed by atoms with Crippen LogP contribution in [0.3, 0.4) is 0 Å². The van der Waals surface area contributed by atoms with Gasteiger partial charge in [-0.15, -0.1) is 0 Å². The second-order valence-corrected chi connectivity index (χ2v) is 10.7. The fourth-order valence-electron chi connectivity index (χ4n) is 1.64. The number of sulfone groups is 3. The molecule has 22 heavy (non-hydrogen) atoms. The van der Waals surface area contributed by atoms with Gasteiger partial charge in [-0.1, -0.05) is 0 Å². The maximum Gasteiger partial charge on any atom is 0.232 e. The third-order valence-electron chi connectivity index (χ3n) is 2.32. The molecule has 0 saturated heterocycles. The number of aromatic nitrogens is 1. The van der Waals surface area contributed by atoms with E-state index in [1.54, 1.807) is 0 Å². The van der Waals surface area contributed by atoms with Gasteiger partial charge in [0.25, 0.3) is 0 Å². The summed E-state index contributed by atoms with van der Waals surface area (Å²) in [6.45, 7) is 0. The standard InChI is InChI=1S/C10H14NO8S3/c1-18-8-6-5-7(9(11-8)19-2)22(16,17)10(20(3,12)13)21(4,14)15/h5-6H,1-4H3/q-1. The Balaban J connectivity index is 3.73. The zero-order valence-electron chi connectivity index (χ0n) is 12.1. The zero-order chi connectivity index (χ0) is 17.3. The summed E-state index contributed by atoms with van der Waals surface area (Å²) < 4.78 is 79.4. The Hall–Kier alpha value is -1.40. The summed E-state index contributed by atoms with van der Waals surface area (Å²) >= 11 is 0. The Morgan fingerprint density at radius 1 is 0.909 bits per heavy atom. The van der Waals surface area contributed by atoms with Gasteiger partial charge in [0.15, 0.2) is 0 Å². The van der Waals surface area contributed by atoms with Crippen LogP contribution in [0.4, 0.5) is 0 Å². The minimum atomic E-state index is -4.89. The van der Waals surface area contributed by atoms with Crippen LogP contribution in [0.25, 0.3) is 0 Å². The first-order valence-electron chi connectivity index (χ1n) is 5.47. The van der Waals surface area contributed by atoms with Gasteiger partial charge in [0.2, 0.25) is 11.8 Å². The van der Waals surface area contributed by atoms with Crippen LogP contribution in [0.2, 0.25) is 0 Å². The number of hydrogen-bond acceptors (Lipinski definition) is 9. The maximum atomic E-state index is 12.4. The van der Waals surface area contributed by atoms with Gasteiger partial charge in [0, 0.05) is 22.5 Å². The number of methoxy groups -OCH3 is 2. The molecule has 0 aliphatic carbocycles. The fourth-order valence-corrected chi connectivity index (χ4v) is 8.35. The van der Waals surface area contributed by atoms with Gasteiger partial charge in [-0.3, -0.25) is 25.3 Å². The third-order valence-corrected chi connectivity index (χ3v) is 9.81. The number of pyridine rings is 1. The molecular formula is C10H14NO8S3-. The van der Waals surface area contributed by atoms with Crippen molar-refractivity contribution in [3.8, 4) is 11.8 Å². The Labute approximate surface area is 129 Å². The molecule has 0 aliphatic heterocycles. The zero-order valence-corrected chi connectivity index (χ0v) is 14.5. The Bertz CT molecular complexity index is 839. The minimum Gasteiger partial charge on any atom is -0.481 e. The van der Waals surface area contributed by atoms with E-state index in [1.165, 1.54) is 7.11 Å². The highest BCUT2D eigenvalue weighted by atomic mass is 32.3. The molecule has 1 aromatic rings. The summed E-state index contributed by atoms with van der Waals surface area (Å²) in [4.78, 5) is 3.00. The molecule has 1 rings (SSSR count). The highest BCUT2D eigenvalue weighted by Crippen LogP contribution is 2.35. The second-order valence-electron chi connectivity index (χ2n) is 4.16. The number of hydrogen-bond donors (Lipinski definition) is 0. The average Bonchev–Trinajstić information content (AvgIpc) is 2.33. The topological polar surface area (TPSA) is 134 Å². The minimum absolute atomic E-state index is 0.0102. The van der Waals surface area contributed by atoms with Crippen LogP contribution in [0.15, 0.2) is 17.0 Å². The molecule has 1 aromatic heterocycles. The van der Waals surface area contributed by atoms with E-state index in [1.807, 2.05) is 0 Å². The van der Waals surface area contributed by atoms with Crippen LogP contribution in [0.1, 0.15) is 0 Å². The van der Waals surface area contributed by atoms with Gasteiger partial charge in [-0.25, -0.2) is 0 Å². The van der Waals surface area contributed by atoms with Gasteiger partial charge < -0.3 is 9.47 Å². The summed E-state index contributed by atoms with van der Waals surface area (Å²) in [5.74, 6) is -0.472. The number of nitrogens with zero attached hydrogens (tertiary/aromatic N) is 1. The lowest BCUT2D eigenvalue weighted by atomic mass is 10.5. The van der Waals surface area contributed by atoms with Crippen molar-refractivity contribution in [2.24, 2.45) is 0 Å². The van der Waals surface area contributed by atoms with Crippen molar-refractivity contribution in [2.45, 2.75) is 4.90 Å². The quantitative estimate of drug-likeness (QED) is 0.600. The van der Waals surface area contributed by atoms with Crippen molar-refractivity contribution < 1.29 is 34.7 Å². The van der Waals surface area contributed by atoms with Crippen LogP contribution in [-0.2, 0) is 29.5 Å². The molecule has 0 fully saturated rings. The summed E-state index contributed by atoms with van der Waals surface area (Å²) in [5.41, 5.74) is 0. The SMILES string of the molecule is COc1ccc(S(=O)(=O)[C-](S(C)(=O)=O)S(C)(=O)=O)c(OC)n1. The normalized spacial score (nSPS) is 13.1. The van der Waals surface area contributed by atoms with Crippen molar-refractivity contribution in [3.63, 3.8) is 0 Å². The van der Waals surface area contributed by atoms with Gasteiger partial charge in [-0.2, -0.15) is 4.98 Å². The van der Waals surface area contributed by atoms with E-state index >= 15 is 0 Å². The van der Waals surface area contributed by atoms with E-state index in [-0.39, 0.29) is 5.88 Å². The lowest BCUT2D eigenvalue weighted by Gasteiger charge is -2.26. The predicted octanol–water partition coefficient (Wildman–Crippen LogP) is -0.591. The molecule has 1 heterocycles. The summed E-state index contributed by atoms with van der Waals surface area (Å²) in [6, 6.07) is 2.09.